The summed E-state index contributed by atoms with van der Waals surface area (Å²) in [5.41, 5.74) is 0.905. The van der Waals surface area contributed by atoms with Crippen LogP contribution in [0, 0.1) is 0 Å². The summed E-state index contributed by atoms with van der Waals surface area (Å²) in [5.74, 6) is -0.0243. The lowest BCUT2D eigenvalue weighted by atomic mass is 10.3. The Morgan fingerprint density at radius 2 is 2.21 bits per heavy atom. The third kappa shape index (κ3) is 1.63. The summed E-state index contributed by atoms with van der Waals surface area (Å²) in [6.07, 6.45) is 1.39. The average Bonchev–Trinajstić information content (AvgIpc) is 2.50. The van der Waals surface area contributed by atoms with Gasteiger partial charge in [-0.05, 0) is 6.07 Å². The lowest BCUT2D eigenvalue weighted by Crippen LogP contribution is -2.02. The minimum Gasteiger partial charge on any atom is -0.432 e. The minimum absolute atomic E-state index is 0.0243. The van der Waals surface area contributed by atoms with Crippen molar-refractivity contribution in [2.75, 3.05) is 0 Å². The second-order valence-corrected chi connectivity index (χ2v) is 3.02. The van der Waals surface area contributed by atoms with E-state index in [0.29, 0.717) is 16.1 Å². The molecule has 1 heterocycles. The van der Waals surface area contributed by atoms with Gasteiger partial charge in [-0.2, -0.15) is 8.78 Å². The molecule has 0 amide bonds. The second-order valence-electron chi connectivity index (χ2n) is 2.58. The van der Waals surface area contributed by atoms with Crippen molar-refractivity contribution in [1.29, 1.82) is 0 Å². The fourth-order valence-electron chi connectivity index (χ4n) is 1.17. The highest BCUT2D eigenvalue weighted by Crippen LogP contribution is 2.28. The van der Waals surface area contributed by atoms with Crippen molar-refractivity contribution in [1.82, 2.24) is 9.97 Å². The van der Waals surface area contributed by atoms with Crippen LogP contribution in [0.4, 0.5) is 8.78 Å². The molecule has 0 fully saturated rings. The zero-order valence-corrected chi connectivity index (χ0v) is 7.55. The standard InChI is InChI=1S/C8H5ClF2N2O/c9-4-1-5-7(13-3-12-5)6(2-4)14-8(10)11/h1-3,8H,(H,12,13). The van der Waals surface area contributed by atoms with E-state index in [2.05, 4.69) is 14.7 Å². The molecule has 0 saturated heterocycles. The molecular weight excluding hydrogens is 214 g/mol. The summed E-state index contributed by atoms with van der Waals surface area (Å²) < 4.78 is 28.2. The SMILES string of the molecule is FC(F)Oc1cc(Cl)cc2[nH]cnc12. The first-order valence-electron chi connectivity index (χ1n) is 3.74. The third-order valence-corrected chi connectivity index (χ3v) is 1.89. The van der Waals surface area contributed by atoms with Crippen molar-refractivity contribution < 1.29 is 13.5 Å². The first-order chi connectivity index (χ1) is 6.66. The molecule has 1 aromatic heterocycles. The van der Waals surface area contributed by atoms with Crippen LogP contribution >= 0.6 is 11.6 Å². The van der Waals surface area contributed by atoms with Crippen LogP contribution in [0.25, 0.3) is 11.0 Å². The monoisotopic (exact) mass is 218 g/mol. The number of alkyl halides is 2. The van der Waals surface area contributed by atoms with Gasteiger partial charge in [0.2, 0.25) is 0 Å². The molecule has 0 atom stereocenters. The van der Waals surface area contributed by atoms with Gasteiger partial charge < -0.3 is 9.72 Å². The number of aromatic amines is 1. The molecule has 2 aromatic rings. The number of imidazole rings is 1. The molecule has 0 radical (unpaired) electrons. The van der Waals surface area contributed by atoms with E-state index in [1.807, 2.05) is 0 Å². The number of nitrogens with one attached hydrogen (secondary N) is 1. The number of aromatic nitrogens is 2. The van der Waals surface area contributed by atoms with Gasteiger partial charge in [-0.25, -0.2) is 4.98 Å². The number of ether oxygens (including phenoxy) is 1. The highest BCUT2D eigenvalue weighted by Gasteiger charge is 2.11. The fourth-order valence-corrected chi connectivity index (χ4v) is 1.38. The summed E-state index contributed by atoms with van der Waals surface area (Å²) in [6.45, 7) is -2.88. The van der Waals surface area contributed by atoms with E-state index in [0.717, 1.165) is 0 Å². The summed E-state index contributed by atoms with van der Waals surface area (Å²) >= 11 is 5.69. The first-order valence-corrected chi connectivity index (χ1v) is 4.12. The smallest absolute Gasteiger partial charge is 0.387 e. The van der Waals surface area contributed by atoms with Gasteiger partial charge >= 0.3 is 6.61 Å². The van der Waals surface area contributed by atoms with Crippen molar-refractivity contribution in [3.63, 3.8) is 0 Å². The summed E-state index contributed by atoms with van der Waals surface area (Å²) in [5, 5.41) is 0.317. The summed E-state index contributed by atoms with van der Waals surface area (Å²) in [7, 11) is 0. The highest BCUT2D eigenvalue weighted by atomic mass is 35.5. The largest absolute Gasteiger partial charge is 0.432 e. The zero-order valence-electron chi connectivity index (χ0n) is 6.80. The van der Waals surface area contributed by atoms with E-state index < -0.39 is 6.61 Å². The van der Waals surface area contributed by atoms with Crippen LogP contribution in [-0.4, -0.2) is 16.6 Å². The van der Waals surface area contributed by atoms with Gasteiger partial charge in [0.15, 0.2) is 5.75 Å². The van der Waals surface area contributed by atoms with Crippen molar-refractivity contribution >= 4 is 22.6 Å². The second kappa shape index (κ2) is 3.42. The topological polar surface area (TPSA) is 37.9 Å². The Morgan fingerprint density at radius 3 is 2.93 bits per heavy atom. The number of hydrogen-bond acceptors (Lipinski definition) is 2. The molecule has 0 unspecified atom stereocenters. The third-order valence-electron chi connectivity index (χ3n) is 1.67. The van der Waals surface area contributed by atoms with Gasteiger partial charge in [-0.1, -0.05) is 11.6 Å². The van der Waals surface area contributed by atoms with E-state index in [1.165, 1.54) is 12.4 Å². The number of nitrogens with zero attached hydrogens (tertiary/aromatic N) is 1. The van der Waals surface area contributed by atoms with Gasteiger partial charge in [-0.3, -0.25) is 0 Å². The molecular formula is C8H5ClF2N2O. The van der Waals surface area contributed by atoms with E-state index in [1.54, 1.807) is 6.07 Å². The van der Waals surface area contributed by atoms with Crippen molar-refractivity contribution in [3.05, 3.63) is 23.5 Å². The van der Waals surface area contributed by atoms with Crippen LogP contribution in [0.5, 0.6) is 5.75 Å². The van der Waals surface area contributed by atoms with Gasteiger partial charge in [0.05, 0.1) is 11.8 Å². The lowest BCUT2D eigenvalue weighted by Gasteiger charge is -2.04. The van der Waals surface area contributed by atoms with Gasteiger partial charge in [0, 0.05) is 11.1 Å². The molecule has 0 spiro atoms. The maximum atomic E-state index is 12.0. The van der Waals surface area contributed by atoms with Crippen LogP contribution in [0.1, 0.15) is 0 Å². The predicted molar refractivity (Wildman–Crippen MR) is 47.7 cm³/mol. The Kier molecular flexibility index (Phi) is 2.25. The quantitative estimate of drug-likeness (QED) is 0.842. The van der Waals surface area contributed by atoms with Gasteiger partial charge in [-0.15, -0.1) is 0 Å². The minimum atomic E-state index is -2.88. The molecule has 0 saturated carbocycles. The molecule has 0 bridgehead atoms. The molecule has 0 aliphatic carbocycles. The lowest BCUT2D eigenvalue weighted by molar-refractivity contribution is -0.0489. The number of fused-ring (bicyclic) bond motifs is 1. The number of rotatable bonds is 2. The van der Waals surface area contributed by atoms with E-state index in [4.69, 9.17) is 11.6 Å². The van der Waals surface area contributed by atoms with Crippen LogP contribution < -0.4 is 4.74 Å². The van der Waals surface area contributed by atoms with Crippen LogP contribution in [0.15, 0.2) is 18.5 Å². The normalized spacial score (nSPS) is 11.1. The highest BCUT2D eigenvalue weighted by molar-refractivity contribution is 6.31. The van der Waals surface area contributed by atoms with Crippen LogP contribution in [0.3, 0.4) is 0 Å². The average molecular weight is 219 g/mol. The Bertz CT molecular complexity index is 458. The Morgan fingerprint density at radius 1 is 1.43 bits per heavy atom. The first kappa shape index (κ1) is 9.21. The Hall–Kier alpha value is -1.36. The van der Waals surface area contributed by atoms with Crippen LogP contribution in [0.2, 0.25) is 5.02 Å². The van der Waals surface area contributed by atoms with Crippen molar-refractivity contribution in [2.45, 2.75) is 6.61 Å². The molecule has 0 aliphatic rings. The molecule has 1 N–H and O–H groups in total. The number of halogens is 3. The Labute approximate surface area is 82.7 Å². The zero-order chi connectivity index (χ0) is 10.1. The van der Waals surface area contributed by atoms with Crippen LogP contribution in [-0.2, 0) is 0 Å². The summed E-state index contributed by atoms with van der Waals surface area (Å²) in [6, 6.07) is 2.89. The number of hydrogen-bond donors (Lipinski definition) is 1. The molecule has 0 aliphatic heterocycles. The predicted octanol–water partition coefficient (Wildman–Crippen LogP) is 2.82. The van der Waals surface area contributed by atoms with Crippen molar-refractivity contribution in [3.8, 4) is 5.75 Å². The number of benzene rings is 1. The fraction of sp³-hybridized carbons (Fsp3) is 0.125. The Balaban J connectivity index is 2.55. The number of H-pyrrole nitrogens is 1. The maximum absolute atomic E-state index is 12.0. The van der Waals surface area contributed by atoms with Crippen molar-refractivity contribution in [2.24, 2.45) is 0 Å². The summed E-state index contributed by atoms with van der Waals surface area (Å²) in [4.78, 5) is 6.59. The van der Waals surface area contributed by atoms with Gasteiger partial charge in [0.1, 0.15) is 5.52 Å². The molecule has 6 heteroatoms. The van der Waals surface area contributed by atoms with Gasteiger partial charge in [0.25, 0.3) is 0 Å². The molecule has 74 valence electrons. The molecule has 1 aromatic carbocycles. The maximum Gasteiger partial charge on any atom is 0.387 e. The van der Waals surface area contributed by atoms with E-state index in [-0.39, 0.29) is 5.75 Å². The van der Waals surface area contributed by atoms with E-state index >= 15 is 0 Å². The molecule has 2 rings (SSSR count). The molecule has 14 heavy (non-hydrogen) atoms. The van der Waals surface area contributed by atoms with E-state index in [9.17, 15) is 8.78 Å². The molecule has 3 nitrogen and oxygen atoms in total.